The monoisotopic (exact) mass is 735 g/mol. The lowest BCUT2D eigenvalue weighted by Crippen LogP contribution is -2.49. The maximum Gasteiger partial charge on any atom is 0.286 e. The molecule has 2 amide bonds. The van der Waals surface area contributed by atoms with Crippen molar-refractivity contribution in [2.24, 2.45) is 29.2 Å². The van der Waals surface area contributed by atoms with E-state index in [0.717, 1.165) is 49.4 Å². The number of benzene rings is 2. The molecule has 272 valence electrons. The number of carbonyl (C=O) groups is 2. The summed E-state index contributed by atoms with van der Waals surface area (Å²) in [6.07, 6.45) is 11.2. The fraction of sp³-hybridized carbons (Fsp3) is 0.500. The van der Waals surface area contributed by atoms with Gasteiger partial charge < -0.3 is 19.1 Å². The van der Waals surface area contributed by atoms with Gasteiger partial charge in [-0.05, 0) is 97.7 Å². The zero-order valence-corrected chi connectivity index (χ0v) is 31.2. The van der Waals surface area contributed by atoms with Crippen molar-refractivity contribution in [2.75, 3.05) is 44.6 Å². The molecule has 3 aromatic rings. The smallest absolute Gasteiger partial charge is 0.286 e. The van der Waals surface area contributed by atoms with Crippen LogP contribution in [0.5, 0.6) is 11.6 Å². The Morgan fingerprint density at radius 1 is 1.18 bits per heavy atom. The van der Waals surface area contributed by atoms with Gasteiger partial charge in [0.15, 0.2) is 0 Å². The summed E-state index contributed by atoms with van der Waals surface area (Å²) in [6.45, 7) is 3.90. The van der Waals surface area contributed by atoms with Crippen LogP contribution in [0, 0.1) is 17.8 Å². The molecule has 0 unspecified atom stereocenters. The maximum absolute atomic E-state index is 14.6. The molecule has 1 fully saturated rings. The van der Waals surface area contributed by atoms with Crippen molar-refractivity contribution in [1.29, 1.82) is 0 Å². The minimum absolute atomic E-state index is 0.0345. The molecule has 2 aliphatic carbocycles. The summed E-state index contributed by atoms with van der Waals surface area (Å²) in [5.74, 6) is -0.0885. The number of aryl methyl sites for hydroxylation is 2. The van der Waals surface area contributed by atoms with Crippen molar-refractivity contribution in [2.45, 2.75) is 57.0 Å². The van der Waals surface area contributed by atoms with Gasteiger partial charge in [-0.25, -0.2) is 4.21 Å². The standard InChI is InChI=1S/C38H46ClN5O6S/c1-24-7-5-9-33(48-3)29-13-10-27(29)19-44-22-38(16-6-8-25-17-28(39)12-14-31(25)38)23-50-34-15-11-26(18-32(34)44)35(45)41-51(47,21-24)42-36(46)30-20-43(2)40-37(30)49-4/h5,9,11-12,14-15,17-18,20,24,27,29,33H,6-8,10,13,16,19,21-23H2,1-4H3,(H,41,42,45,46,47)/b9-5+/t24-,27-,29+,33-,38-,51-/m0/s1. The SMILES string of the molecule is COc1nn(C)cc1C(=O)N[S@@]1(=O)=NC(=O)c2ccc3c(c2)N(C[C@@H]2CC[C@H]2[C@@H](OC)/C=C/C[C@H](C)C1)C[C@@]1(CCCc2cc(Cl)ccc21)CO3. The molecule has 4 aliphatic rings. The van der Waals surface area contributed by atoms with E-state index in [1.165, 1.54) is 29.1 Å². The lowest BCUT2D eigenvalue weighted by atomic mass is 9.68. The fourth-order valence-electron chi connectivity index (χ4n) is 8.34. The van der Waals surface area contributed by atoms with Gasteiger partial charge in [0.1, 0.15) is 21.2 Å². The third-order valence-electron chi connectivity index (χ3n) is 11.0. The first-order chi connectivity index (χ1) is 24.5. The number of fused-ring (bicyclic) bond motifs is 4. The predicted octanol–water partition coefficient (Wildman–Crippen LogP) is 6.15. The molecule has 3 heterocycles. The van der Waals surface area contributed by atoms with Crippen molar-refractivity contribution >= 4 is 39.0 Å². The summed E-state index contributed by atoms with van der Waals surface area (Å²) >= 11 is 6.45. The number of aromatic nitrogens is 2. The topological polar surface area (TPSA) is 124 Å². The molecule has 7 rings (SSSR count). The number of allylic oxidation sites excluding steroid dienone is 1. The second-order valence-electron chi connectivity index (χ2n) is 14.6. The van der Waals surface area contributed by atoms with Crippen LogP contribution in [0.4, 0.5) is 5.69 Å². The van der Waals surface area contributed by atoms with Gasteiger partial charge in [-0.3, -0.25) is 19.0 Å². The van der Waals surface area contributed by atoms with Gasteiger partial charge in [0.05, 0.1) is 31.3 Å². The minimum atomic E-state index is -3.59. The van der Waals surface area contributed by atoms with E-state index in [0.29, 0.717) is 37.2 Å². The fourth-order valence-corrected chi connectivity index (χ4v) is 10.4. The molecule has 1 spiro atoms. The quantitative estimate of drug-likeness (QED) is 0.317. The van der Waals surface area contributed by atoms with E-state index in [2.05, 4.69) is 43.4 Å². The van der Waals surface area contributed by atoms with Crippen molar-refractivity contribution in [1.82, 2.24) is 14.5 Å². The van der Waals surface area contributed by atoms with Gasteiger partial charge in [-0.15, -0.1) is 9.46 Å². The first-order valence-electron chi connectivity index (χ1n) is 17.7. The van der Waals surface area contributed by atoms with Crippen LogP contribution < -0.4 is 19.1 Å². The van der Waals surface area contributed by atoms with Gasteiger partial charge >= 0.3 is 0 Å². The zero-order valence-electron chi connectivity index (χ0n) is 29.6. The first kappa shape index (κ1) is 35.5. The van der Waals surface area contributed by atoms with Crippen molar-refractivity contribution in [3.63, 3.8) is 0 Å². The van der Waals surface area contributed by atoms with Crippen LogP contribution in [-0.4, -0.2) is 71.6 Å². The van der Waals surface area contributed by atoms with Crippen LogP contribution in [0.25, 0.3) is 0 Å². The van der Waals surface area contributed by atoms with Crippen LogP contribution in [0.15, 0.2) is 59.1 Å². The van der Waals surface area contributed by atoms with E-state index in [-0.39, 0.29) is 40.2 Å². The number of rotatable bonds is 4. The number of methoxy groups -OCH3 is 2. The molecule has 2 aromatic carbocycles. The second-order valence-corrected chi connectivity index (χ2v) is 17.1. The Hall–Kier alpha value is -3.87. The molecule has 1 aromatic heterocycles. The van der Waals surface area contributed by atoms with Gasteiger partial charge in [0.25, 0.3) is 11.8 Å². The van der Waals surface area contributed by atoms with Crippen molar-refractivity contribution < 1.29 is 28.0 Å². The molecule has 2 aliphatic heterocycles. The molecule has 1 saturated carbocycles. The van der Waals surface area contributed by atoms with E-state index in [1.54, 1.807) is 20.2 Å². The number of nitrogens with zero attached hydrogens (tertiary/aromatic N) is 4. The van der Waals surface area contributed by atoms with E-state index >= 15 is 0 Å². The summed E-state index contributed by atoms with van der Waals surface area (Å²) in [4.78, 5) is 29.9. The molecule has 2 bridgehead atoms. The molecule has 51 heavy (non-hydrogen) atoms. The van der Waals surface area contributed by atoms with Crippen LogP contribution in [-0.2, 0) is 33.5 Å². The number of amides is 2. The largest absolute Gasteiger partial charge is 0.490 e. The van der Waals surface area contributed by atoms with Gasteiger partial charge in [-0.1, -0.05) is 36.7 Å². The third-order valence-corrected chi connectivity index (χ3v) is 13.2. The lowest BCUT2D eigenvalue weighted by molar-refractivity contribution is 0.0131. The Bertz CT molecular complexity index is 1990. The van der Waals surface area contributed by atoms with E-state index in [9.17, 15) is 13.8 Å². The lowest BCUT2D eigenvalue weighted by Gasteiger charge is -2.46. The summed E-state index contributed by atoms with van der Waals surface area (Å²) in [7, 11) is 1.22. The first-order valence-corrected chi connectivity index (χ1v) is 19.7. The van der Waals surface area contributed by atoms with Gasteiger partial charge in [-0.2, -0.15) is 0 Å². The molecule has 11 nitrogen and oxygen atoms in total. The average molecular weight is 736 g/mol. The predicted molar refractivity (Wildman–Crippen MR) is 197 cm³/mol. The molecular weight excluding hydrogens is 690 g/mol. The second kappa shape index (κ2) is 14.3. The molecule has 1 N–H and O–H groups in total. The summed E-state index contributed by atoms with van der Waals surface area (Å²) in [5, 5.41) is 4.88. The van der Waals surface area contributed by atoms with Crippen molar-refractivity contribution in [3.05, 3.63) is 82.0 Å². The Morgan fingerprint density at radius 2 is 2.02 bits per heavy atom. The normalized spacial score (nSPS) is 29.7. The Labute approximate surface area is 305 Å². The highest BCUT2D eigenvalue weighted by Gasteiger charge is 2.44. The maximum atomic E-state index is 14.6. The third kappa shape index (κ3) is 7.15. The number of nitrogens with one attached hydrogen (secondary N) is 1. The number of anilines is 1. The van der Waals surface area contributed by atoms with Crippen LogP contribution in [0.2, 0.25) is 5.02 Å². The average Bonchev–Trinajstić information content (AvgIpc) is 3.40. The molecular formula is C38H46ClN5O6S. The van der Waals surface area contributed by atoms with Crippen LogP contribution >= 0.6 is 11.6 Å². The Morgan fingerprint density at radius 3 is 2.78 bits per heavy atom. The molecule has 0 saturated heterocycles. The van der Waals surface area contributed by atoms with E-state index in [4.69, 9.17) is 25.8 Å². The van der Waals surface area contributed by atoms with Crippen LogP contribution in [0.3, 0.4) is 0 Å². The molecule has 0 radical (unpaired) electrons. The summed E-state index contributed by atoms with van der Waals surface area (Å²) < 4.78 is 40.8. The zero-order chi connectivity index (χ0) is 35.9. The highest BCUT2D eigenvalue weighted by molar-refractivity contribution is 7.92. The van der Waals surface area contributed by atoms with Gasteiger partial charge in [0.2, 0.25) is 5.88 Å². The van der Waals surface area contributed by atoms with E-state index in [1.807, 2.05) is 25.1 Å². The van der Waals surface area contributed by atoms with Crippen LogP contribution in [0.1, 0.15) is 70.9 Å². The summed E-state index contributed by atoms with van der Waals surface area (Å²) in [6, 6.07) is 11.5. The minimum Gasteiger partial charge on any atom is -0.490 e. The molecule has 13 heteroatoms. The van der Waals surface area contributed by atoms with Crippen molar-refractivity contribution in [3.8, 4) is 11.6 Å². The number of halogens is 1. The number of ether oxygens (including phenoxy) is 3. The number of hydrogen-bond donors (Lipinski definition) is 1. The number of hydrogen-bond acceptors (Lipinski definition) is 8. The molecule has 6 atom stereocenters. The van der Waals surface area contributed by atoms with E-state index < -0.39 is 21.7 Å². The highest BCUT2D eigenvalue weighted by atomic mass is 35.5. The summed E-state index contributed by atoms with van der Waals surface area (Å²) in [5.41, 5.74) is 3.43. The number of carbonyl (C=O) groups excluding carboxylic acids is 2. The van der Waals surface area contributed by atoms with Gasteiger partial charge in [0, 0.05) is 49.4 Å². The Kier molecular flexibility index (Phi) is 9.94. The highest BCUT2D eigenvalue weighted by Crippen LogP contribution is 2.47. The Balaban J connectivity index is 1.31.